The lowest BCUT2D eigenvalue weighted by Gasteiger charge is -2.12. The normalized spacial score (nSPS) is 17.8. The van der Waals surface area contributed by atoms with Gasteiger partial charge in [-0.1, -0.05) is 17.7 Å². The first kappa shape index (κ1) is 16.6. The summed E-state index contributed by atoms with van der Waals surface area (Å²) in [5.74, 6) is 0.393. The van der Waals surface area contributed by atoms with E-state index in [1.54, 1.807) is 25.1 Å². The van der Waals surface area contributed by atoms with Crippen LogP contribution in [0.4, 0.5) is 4.39 Å². The summed E-state index contributed by atoms with van der Waals surface area (Å²) in [6, 6.07) is 5.38. The molecule has 1 aliphatic heterocycles. The first-order valence-corrected chi connectivity index (χ1v) is 8.03. The van der Waals surface area contributed by atoms with Crippen LogP contribution in [0.15, 0.2) is 24.3 Å². The topological polar surface area (TPSA) is 63.9 Å². The number of hydrogen-bond acceptors (Lipinski definition) is 4. The van der Waals surface area contributed by atoms with Crippen molar-refractivity contribution in [3.8, 4) is 0 Å². The number of amides is 1. The van der Waals surface area contributed by atoms with E-state index in [0.717, 1.165) is 11.1 Å². The zero-order valence-electron chi connectivity index (χ0n) is 13.2. The number of aryl methyl sites for hydroxylation is 1. The van der Waals surface area contributed by atoms with Gasteiger partial charge in [-0.05, 0) is 47.9 Å². The number of nitrogens with zero attached hydrogens (tertiary/aromatic N) is 5. The third kappa shape index (κ3) is 3.97. The Balaban J connectivity index is 1.77. The fourth-order valence-corrected chi connectivity index (χ4v) is 2.80. The maximum Gasteiger partial charge on any atom is 0.246 e. The molecule has 1 fully saturated rings. The van der Waals surface area contributed by atoms with E-state index < -0.39 is 6.17 Å². The Labute approximate surface area is 143 Å². The third-order valence-electron chi connectivity index (χ3n) is 3.82. The van der Waals surface area contributed by atoms with Crippen LogP contribution >= 0.6 is 11.6 Å². The molecule has 1 amide bonds. The van der Waals surface area contributed by atoms with Gasteiger partial charge in [0.25, 0.3) is 0 Å². The van der Waals surface area contributed by atoms with Crippen LogP contribution in [-0.2, 0) is 11.3 Å². The van der Waals surface area contributed by atoms with Crippen LogP contribution in [-0.4, -0.2) is 50.3 Å². The molecule has 1 aromatic carbocycles. The highest BCUT2D eigenvalue weighted by molar-refractivity contribution is 6.30. The van der Waals surface area contributed by atoms with E-state index in [1.807, 2.05) is 6.07 Å². The Morgan fingerprint density at radius 3 is 3.00 bits per heavy atom. The lowest BCUT2D eigenvalue weighted by Crippen LogP contribution is -2.27. The van der Waals surface area contributed by atoms with E-state index in [1.165, 1.54) is 15.8 Å². The summed E-state index contributed by atoms with van der Waals surface area (Å²) in [6.07, 6.45) is 2.66. The second-order valence-electron chi connectivity index (χ2n) is 5.71. The highest BCUT2D eigenvalue weighted by Crippen LogP contribution is 2.19. The molecule has 6 nitrogen and oxygen atoms in total. The summed E-state index contributed by atoms with van der Waals surface area (Å²) in [5.41, 5.74) is 1.70. The highest BCUT2D eigenvalue weighted by Gasteiger charge is 2.24. The van der Waals surface area contributed by atoms with Crippen LogP contribution in [0.2, 0.25) is 5.02 Å². The summed E-state index contributed by atoms with van der Waals surface area (Å²) in [6.45, 7) is 2.78. The minimum absolute atomic E-state index is 0.165. The fraction of sp³-hybridized carbons (Fsp3) is 0.375. The summed E-state index contributed by atoms with van der Waals surface area (Å²) in [7, 11) is 0. The SMILES string of the molecule is Cc1nnn(Cc2cc(Cl)ccc2C=CC(=O)N2CCC(F)C2)n1. The van der Waals surface area contributed by atoms with Crippen LogP contribution < -0.4 is 0 Å². The van der Waals surface area contributed by atoms with Gasteiger partial charge in [0, 0.05) is 17.6 Å². The van der Waals surface area contributed by atoms with Gasteiger partial charge in [-0.25, -0.2) is 4.39 Å². The average molecular weight is 350 g/mol. The Morgan fingerprint density at radius 1 is 1.50 bits per heavy atom. The minimum Gasteiger partial charge on any atom is -0.336 e. The maximum absolute atomic E-state index is 13.2. The molecule has 2 aromatic rings. The van der Waals surface area contributed by atoms with Gasteiger partial charge in [-0.2, -0.15) is 4.80 Å². The number of hydrogen-bond donors (Lipinski definition) is 0. The zero-order chi connectivity index (χ0) is 17.1. The Bertz CT molecular complexity index is 776. The molecule has 1 aliphatic rings. The predicted octanol–water partition coefficient (Wildman–Crippen LogP) is 2.27. The molecular weight excluding hydrogens is 333 g/mol. The number of carbonyl (C=O) groups excluding carboxylic acids is 1. The first-order valence-electron chi connectivity index (χ1n) is 7.65. The van der Waals surface area contributed by atoms with Gasteiger partial charge >= 0.3 is 0 Å². The molecule has 1 unspecified atom stereocenters. The van der Waals surface area contributed by atoms with Gasteiger partial charge < -0.3 is 4.90 Å². The molecule has 0 spiro atoms. The van der Waals surface area contributed by atoms with Crippen molar-refractivity contribution < 1.29 is 9.18 Å². The van der Waals surface area contributed by atoms with Gasteiger partial charge in [-0.15, -0.1) is 10.2 Å². The monoisotopic (exact) mass is 349 g/mol. The summed E-state index contributed by atoms with van der Waals surface area (Å²) < 4.78 is 13.2. The number of carbonyl (C=O) groups is 1. The van der Waals surface area contributed by atoms with Crippen molar-refractivity contribution in [3.05, 3.63) is 46.2 Å². The van der Waals surface area contributed by atoms with Crippen LogP contribution in [0.1, 0.15) is 23.4 Å². The first-order chi connectivity index (χ1) is 11.5. The van der Waals surface area contributed by atoms with Crippen molar-refractivity contribution in [1.29, 1.82) is 0 Å². The van der Waals surface area contributed by atoms with E-state index >= 15 is 0 Å². The number of aromatic nitrogens is 4. The largest absolute Gasteiger partial charge is 0.336 e. The Hall–Kier alpha value is -2.28. The smallest absolute Gasteiger partial charge is 0.246 e. The van der Waals surface area contributed by atoms with Crippen molar-refractivity contribution in [1.82, 2.24) is 25.1 Å². The quantitative estimate of drug-likeness (QED) is 0.794. The molecular formula is C16H17ClFN5O. The number of likely N-dealkylation sites (tertiary alicyclic amines) is 1. The average Bonchev–Trinajstić information content (AvgIpc) is 3.15. The van der Waals surface area contributed by atoms with Crippen LogP contribution in [0.25, 0.3) is 6.08 Å². The van der Waals surface area contributed by atoms with Crippen molar-refractivity contribution in [3.63, 3.8) is 0 Å². The van der Waals surface area contributed by atoms with E-state index in [9.17, 15) is 9.18 Å². The van der Waals surface area contributed by atoms with Crippen molar-refractivity contribution in [2.75, 3.05) is 13.1 Å². The van der Waals surface area contributed by atoms with Gasteiger partial charge in [0.05, 0.1) is 13.1 Å². The molecule has 0 bridgehead atoms. The molecule has 0 radical (unpaired) electrons. The van der Waals surface area contributed by atoms with Crippen LogP contribution in [0, 0.1) is 6.92 Å². The second kappa shape index (κ2) is 7.09. The van der Waals surface area contributed by atoms with E-state index in [-0.39, 0.29) is 12.5 Å². The minimum atomic E-state index is -0.921. The summed E-state index contributed by atoms with van der Waals surface area (Å²) >= 11 is 6.06. The zero-order valence-corrected chi connectivity index (χ0v) is 13.9. The number of tetrazole rings is 1. The predicted molar refractivity (Wildman–Crippen MR) is 88.2 cm³/mol. The molecule has 8 heteroatoms. The van der Waals surface area contributed by atoms with Crippen molar-refractivity contribution in [2.45, 2.75) is 26.1 Å². The van der Waals surface area contributed by atoms with Gasteiger partial charge in [0.1, 0.15) is 6.17 Å². The third-order valence-corrected chi connectivity index (χ3v) is 4.05. The highest BCUT2D eigenvalue weighted by atomic mass is 35.5. The molecule has 0 aliphatic carbocycles. The lowest BCUT2D eigenvalue weighted by atomic mass is 10.1. The van der Waals surface area contributed by atoms with Gasteiger partial charge in [-0.3, -0.25) is 4.79 Å². The van der Waals surface area contributed by atoms with Crippen LogP contribution in [0.3, 0.4) is 0 Å². The van der Waals surface area contributed by atoms with Crippen LogP contribution in [0.5, 0.6) is 0 Å². The standard InChI is InChI=1S/C16H17ClFN5O/c1-11-19-21-23(20-11)9-13-8-14(17)4-2-12(13)3-5-16(24)22-7-6-15(18)10-22/h2-5,8,15H,6-7,9-10H2,1H3. The van der Waals surface area contributed by atoms with E-state index in [0.29, 0.717) is 30.4 Å². The molecule has 126 valence electrons. The molecule has 2 heterocycles. The number of halogens is 2. The Morgan fingerprint density at radius 2 is 2.33 bits per heavy atom. The number of rotatable bonds is 4. The molecule has 0 saturated carbocycles. The van der Waals surface area contributed by atoms with E-state index in [4.69, 9.17) is 11.6 Å². The molecule has 0 N–H and O–H groups in total. The molecule has 1 aromatic heterocycles. The molecule has 1 saturated heterocycles. The Kier molecular flexibility index (Phi) is 4.89. The van der Waals surface area contributed by atoms with E-state index in [2.05, 4.69) is 15.4 Å². The summed E-state index contributed by atoms with van der Waals surface area (Å²) in [4.78, 5) is 15.1. The maximum atomic E-state index is 13.2. The number of benzene rings is 1. The number of alkyl halides is 1. The summed E-state index contributed by atoms with van der Waals surface area (Å²) in [5, 5.41) is 12.5. The molecule has 24 heavy (non-hydrogen) atoms. The van der Waals surface area contributed by atoms with Gasteiger partial charge in [0.15, 0.2) is 5.82 Å². The van der Waals surface area contributed by atoms with Crippen molar-refractivity contribution in [2.24, 2.45) is 0 Å². The molecule has 3 rings (SSSR count). The fourth-order valence-electron chi connectivity index (χ4n) is 2.60. The van der Waals surface area contributed by atoms with Gasteiger partial charge in [0.2, 0.25) is 5.91 Å². The molecule has 1 atom stereocenters. The second-order valence-corrected chi connectivity index (χ2v) is 6.15. The van der Waals surface area contributed by atoms with Crippen molar-refractivity contribution >= 4 is 23.6 Å². The lowest BCUT2D eigenvalue weighted by molar-refractivity contribution is -0.125.